The zero-order valence-electron chi connectivity index (χ0n) is 15.7. The fraction of sp³-hybridized carbons (Fsp3) is 0.0833. The maximum absolute atomic E-state index is 6.32. The summed E-state index contributed by atoms with van der Waals surface area (Å²) in [5.41, 5.74) is 6.84. The van der Waals surface area contributed by atoms with Gasteiger partial charge in [-0.25, -0.2) is 0 Å². The van der Waals surface area contributed by atoms with Gasteiger partial charge in [-0.05, 0) is 0 Å². The molecule has 0 bridgehead atoms. The number of halogens is 3. The molecule has 1 aliphatic heterocycles. The van der Waals surface area contributed by atoms with Crippen LogP contribution in [0.4, 0.5) is 0 Å². The van der Waals surface area contributed by atoms with Crippen LogP contribution in [-0.2, 0) is 30.9 Å². The van der Waals surface area contributed by atoms with Crippen molar-refractivity contribution < 1.29 is 49.3 Å². The van der Waals surface area contributed by atoms with E-state index in [2.05, 4.69) is 88.7 Å². The Kier molecular flexibility index (Phi) is 6.37. The second-order valence-corrected chi connectivity index (χ2v) is 14.8. The third-order valence-corrected chi connectivity index (χ3v) is 15.0. The van der Waals surface area contributed by atoms with E-state index in [4.69, 9.17) is 13.6 Å². The van der Waals surface area contributed by atoms with Gasteiger partial charge in [-0.3, -0.25) is 0 Å². The van der Waals surface area contributed by atoms with Gasteiger partial charge in [-0.15, -0.1) is 0 Å². The van der Waals surface area contributed by atoms with Gasteiger partial charge < -0.3 is 24.8 Å². The molecule has 0 spiro atoms. The Balaban J connectivity index is 0.00000109. The van der Waals surface area contributed by atoms with E-state index >= 15 is 0 Å². The Labute approximate surface area is 207 Å². The molecule has 0 aromatic heterocycles. The first-order chi connectivity index (χ1) is 13.7. The molecule has 1 heterocycles. The summed E-state index contributed by atoms with van der Waals surface area (Å²) >= 11 is 1.27. The summed E-state index contributed by atoms with van der Waals surface area (Å²) in [6.07, 6.45) is 3.27. The summed E-state index contributed by atoms with van der Waals surface area (Å²) in [4.78, 5) is 0. The molecule has 2 aliphatic carbocycles. The van der Waals surface area contributed by atoms with Crippen LogP contribution in [0.25, 0.3) is 23.0 Å². The molecule has 0 fully saturated rings. The summed E-state index contributed by atoms with van der Waals surface area (Å²) in [7, 11) is 6.32. The van der Waals surface area contributed by atoms with Gasteiger partial charge in [-0.1, -0.05) is 0 Å². The maximum atomic E-state index is 6.32. The van der Waals surface area contributed by atoms with Crippen molar-refractivity contribution >= 4 is 39.9 Å². The molecule has 0 saturated carbocycles. The molecule has 0 radical (unpaired) electrons. The molecule has 0 saturated heterocycles. The van der Waals surface area contributed by atoms with Crippen LogP contribution in [0.15, 0.2) is 75.6 Å². The van der Waals surface area contributed by atoms with Crippen LogP contribution in [0.2, 0.25) is 0 Å². The molecule has 0 amide bonds. The van der Waals surface area contributed by atoms with Gasteiger partial charge in [0.15, 0.2) is 0 Å². The number of rotatable bonds is 2. The molecule has 1 nitrogen and oxygen atoms in total. The van der Waals surface area contributed by atoms with Crippen molar-refractivity contribution in [2.75, 3.05) is 0 Å². The summed E-state index contributed by atoms with van der Waals surface area (Å²) in [5.74, 6) is 1.01. The van der Waals surface area contributed by atoms with E-state index in [0.29, 0.717) is 0 Å². The number of hydrogen-bond donors (Lipinski definition) is 0. The normalized spacial score (nSPS) is 16.7. The Morgan fingerprint density at radius 1 is 0.900 bits per heavy atom. The first-order valence-corrected chi connectivity index (χ1v) is 16.1. The number of ether oxygens (including phenoxy) is 1. The minimum atomic E-state index is -2.51. The van der Waals surface area contributed by atoms with Gasteiger partial charge in [-0.2, -0.15) is 0 Å². The zero-order chi connectivity index (χ0) is 18.8. The van der Waals surface area contributed by atoms with Gasteiger partial charge >= 0.3 is 184 Å². The van der Waals surface area contributed by atoms with Crippen LogP contribution in [0, 0.1) is 0 Å². The summed E-state index contributed by atoms with van der Waals surface area (Å²) in [6.45, 7) is 0. The van der Waals surface area contributed by atoms with Crippen molar-refractivity contribution in [2.45, 2.75) is 11.4 Å². The van der Waals surface area contributed by atoms with Crippen molar-refractivity contribution in [1.82, 2.24) is 0 Å². The molecular formula is C24H15BrCl2OSZr. The van der Waals surface area contributed by atoms with Crippen molar-refractivity contribution in [1.29, 1.82) is 0 Å². The predicted octanol–water partition coefficient (Wildman–Crippen LogP) is -1.77. The zero-order valence-corrected chi connectivity index (χ0v) is 22.0. The van der Waals surface area contributed by atoms with E-state index in [-0.39, 0.29) is 29.8 Å². The molecule has 30 heavy (non-hydrogen) atoms. The number of fused-ring (bicyclic) bond motifs is 5. The van der Waals surface area contributed by atoms with E-state index in [0.717, 1.165) is 12.2 Å². The molecule has 148 valence electrons. The second kappa shape index (κ2) is 8.56. The van der Waals surface area contributed by atoms with E-state index < -0.39 is 19.7 Å². The van der Waals surface area contributed by atoms with Gasteiger partial charge in [0, 0.05) is 0 Å². The number of benzene rings is 3. The van der Waals surface area contributed by atoms with Crippen LogP contribution in [-0.4, -0.2) is 5.01 Å². The van der Waals surface area contributed by atoms with Crippen LogP contribution in [0.1, 0.15) is 11.1 Å². The Morgan fingerprint density at radius 3 is 2.50 bits per heavy atom. The fourth-order valence-electron chi connectivity index (χ4n) is 4.55. The van der Waals surface area contributed by atoms with E-state index in [1.807, 2.05) is 0 Å². The Bertz CT molecular complexity index is 1370. The first kappa shape index (κ1) is 22.3. The molecule has 1 atom stereocenters. The fourth-order valence-corrected chi connectivity index (χ4v) is 13.9. The van der Waals surface area contributed by atoms with Crippen LogP contribution >= 0.6 is 24.8 Å². The van der Waals surface area contributed by atoms with Gasteiger partial charge in [0.05, 0.1) is 0 Å². The Hall–Kier alpha value is -0.897. The first-order valence-electron chi connectivity index (χ1n) is 9.33. The molecule has 0 N–H and O–H groups in total. The van der Waals surface area contributed by atoms with Crippen molar-refractivity contribution in [2.24, 2.45) is 0 Å². The van der Waals surface area contributed by atoms with Gasteiger partial charge in [0.25, 0.3) is 0 Å². The predicted molar refractivity (Wildman–Crippen MR) is 116 cm³/mol. The van der Waals surface area contributed by atoms with Crippen molar-refractivity contribution in [3.05, 3.63) is 97.1 Å². The third kappa shape index (κ3) is 3.27. The van der Waals surface area contributed by atoms with Gasteiger partial charge in [0.2, 0.25) is 0 Å². The minimum absolute atomic E-state index is 0. The molecule has 1 unspecified atom stereocenters. The topological polar surface area (TPSA) is 9.23 Å². The average Bonchev–Trinajstić information content (AvgIpc) is 3.36. The number of hydrogen-bond acceptors (Lipinski definition) is 2. The molecule has 3 aromatic carbocycles. The molecule has 6 heteroatoms. The van der Waals surface area contributed by atoms with Gasteiger partial charge in [0.1, 0.15) is 0 Å². The average molecular weight is 593 g/mol. The monoisotopic (exact) mass is 590 g/mol. The molecular weight excluding hydrogens is 578 g/mol. The SMILES string of the molecule is [Cl-].[Cl-].[S]=[Zr+2]([C]1=C2C=c3ccccc3=C2OC1Br)[c]1cccc2c1Cc1ccccc1-2. The van der Waals surface area contributed by atoms with Crippen LogP contribution in [0.3, 0.4) is 0 Å². The van der Waals surface area contributed by atoms with Crippen LogP contribution in [0.5, 0.6) is 0 Å². The summed E-state index contributed by atoms with van der Waals surface area (Å²) < 4.78 is 9.02. The van der Waals surface area contributed by atoms with E-state index in [1.165, 1.54) is 44.8 Å². The standard InChI is InChI=1S/C13H9.C11H6BrO.2ClH.S.Zr/c1-3-7-12-10(5-1)9-11-6-2-4-8-13(11)12;12-10-6-8-5-7-3-1-2-4-9(7)11(8)13-10;;;;/h1-5,7-8H,9H2;1-5,10H;2*1H;;/q;;;;;+2/p-2. The van der Waals surface area contributed by atoms with Crippen LogP contribution < -0.4 is 38.5 Å². The third-order valence-electron chi connectivity index (χ3n) is 5.83. The Morgan fingerprint density at radius 2 is 1.63 bits per heavy atom. The number of alkyl halides is 1. The summed E-state index contributed by atoms with van der Waals surface area (Å²) in [5, 5.41) is 2.34. The summed E-state index contributed by atoms with van der Waals surface area (Å²) in [6, 6.07) is 23.9. The molecule has 6 rings (SSSR count). The molecule has 3 aromatic rings. The van der Waals surface area contributed by atoms with E-state index in [1.54, 1.807) is 0 Å². The molecule has 3 aliphatic rings. The van der Waals surface area contributed by atoms with E-state index in [9.17, 15) is 0 Å². The second-order valence-electron chi connectivity index (χ2n) is 7.32. The van der Waals surface area contributed by atoms with Crippen molar-refractivity contribution in [3.63, 3.8) is 0 Å². The quantitative estimate of drug-likeness (QED) is 0.255. The van der Waals surface area contributed by atoms with Crippen molar-refractivity contribution in [3.8, 4) is 11.1 Å².